The lowest BCUT2D eigenvalue weighted by atomic mass is 10.0. The second-order valence-corrected chi connectivity index (χ2v) is 21.2. The zero-order valence-electron chi connectivity index (χ0n) is 44.6. The van der Waals surface area contributed by atoms with Gasteiger partial charge in [-0.25, -0.2) is 0 Å². The quantitative estimate of drug-likeness (QED) is 0.0344. The van der Waals surface area contributed by atoms with Gasteiger partial charge in [-0.1, -0.05) is 291 Å². The van der Waals surface area contributed by atoms with E-state index in [0.717, 1.165) is 69.6 Å². The van der Waals surface area contributed by atoms with Gasteiger partial charge in [-0.2, -0.15) is 0 Å². The van der Waals surface area contributed by atoms with Crippen LogP contribution in [0.25, 0.3) is 0 Å². The monoisotopic (exact) mass is 919 g/mol. The van der Waals surface area contributed by atoms with E-state index in [4.69, 9.17) is 14.2 Å². The summed E-state index contributed by atoms with van der Waals surface area (Å²) in [5, 5.41) is 0. The van der Waals surface area contributed by atoms with Gasteiger partial charge < -0.3 is 14.2 Å². The predicted molar refractivity (Wildman–Crippen MR) is 280 cm³/mol. The number of hydrogen-bond donors (Lipinski definition) is 0. The van der Waals surface area contributed by atoms with Crippen molar-refractivity contribution in [2.24, 2.45) is 11.8 Å². The molecule has 386 valence electrons. The van der Waals surface area contributed by atoms with Crippen LogP contribution >= 0.6 is 0 Å². The summed E-state index contributed by atoms with van der Waals surface area (Å²) in [5.41, 5.74) is 0. The lowest BCUT2D eigenvalue weighted by Gasteiger charge is -2.18. The Hall–Kier alpha value is -1.59. The van der Waals surface area contributed by atoms with Gasteiger partial charge in [0.2, 0.25) is 0 Å². The van der Waals surface area contributed by atoms with E-state index in [1.54, 1.807) is 0 Å². The maximum absolute atomic E-state index is 12.9. The number of esters is 3. The Morgan fingerprint density at radius 1 is 0.292 bits per heavy atom. The fourth-order valence-corrected chi connectivity index (χ4v) is 9.05. The van der Waals surface area contributed by atoms with Crippen LogP contribution in [0.5, 0.6) is 0 Å². The number of ether oxygens (including phenoxy) is 3. The topological polar surface area (TPSA) is 78.9 Å². The molecule has 0 heterocycles. The van der Waals surface area contributed by atoms with Gasteiger partial charge in [0.25, 0.3) is 0 Å². The summed E-state index contributed by atoms with van der Waals surface area (Å²) >= 11 is 0. The fourth-order valence-electron chi connectivity index (χ4n) is 9.05. The maximum Gasteiger partial charge on any atom is 0.306 e. The number of carbonyl (C=O) groups excluding carboxylic acids is 3. The van der Waals surface area contributed by atoms with E-state index in [-0.39, 0.29) is 31.1 Å². The van der Waals surface area contributed by atoms with Crippen molar-refractivity contribution in [1.82, 2.24) is 0 Å². The highest BCUT2D eigenvalue weighted by Gasteiger charge is 2.19. The van der Waals surface area contributed by atoms with Gasteiger partial charge in [-0.3, -0.25) is 14.4 Å². The minimum Gasteiger partial charge on any atom is -0.462 e. The Labute approximate surface area is 406 Å². The summed E-state index contributed by atoms with van der Waals surface area (Å²) in [5.74, 6) is 0.812. The first-order valence-electron chi connectivity index (χ1n) is 29.2. The highest BCUT2D eigenvalue weighted by atomic mass is 16.6. The maximum atomic E-state index is 12.9. The molecule has 0 spiro atoms. The first-order chi connectivity index (χ1) is 31.7. The van der Waals surface area contributed by atoms with Crippen LogP contribution in [0, 0.1) is 11.8 Å². The third kappa shape index (κ3) is 53.2. The molecule has 0 aromatic rings. The van der Waals surface area contributed by atoms with Gasteiger partial charge in [-0.15, -0.1) is 0 Å². The number of hydrogen-bond acceptors (Lipinski definition) is 6. The van der Waals surface area contributed by atoms with Crippen LogP contribution in [0.1, 0.15) is 330 Å². The summed E-state index contributed by atoms with van der Waals surface area (Å²) in [6.07, 6.45) is 55.3. The van der Waals surface area contributed by atoms with Gasteiger partial charge in [0.15, 0.2) is 6.10 Å². The SMILES string of the molecule is CCCCCCCCCCCCCCCCCCCCCC(=O)O[C@H](COC(=O)CCCCCCCCCCCCCCC(C)C)COC(=O)CCCCCCCCCCCCC(C)C. The molecule has 0 amide bonds. The van der Waals surface area contributed by atoms with E-state index in [2.05, 4.69) is 34.6 Å². The molecule has 0 bridgehead atoms. The molecule has 0 fully saturated rings. The summed E-state index contributed by atoms with van der Waals surface area (Å²) in [4.78, 5) is 38.1. The molecule has 0 aliphatic carbocycles. The van der Waals surface area contributed by atoms with Crippen LogP contribution < -0.4 is 0 Å². The summed E-state index contributed by atoms with van der Waals surface area (Å²) in [6, 6.07) is 0. The Bertz CT molecular complexity index is 993. The summed E-state index contributed by atoms with van der Waals surface area (Å²) < 4.78 is 16.9. The molecule has 0 saturated heterocycles. The molecule has 0 N–H and O–H groups in total. The van der Waals surface area contributed by atoms with Crippen molar-refractivity contribution < 1.29 is 28.6 Å². The normalized spacial score (nSPS) is 12.0. The van der Waals surface area contributed by atoms with E-state index in [1.807, 2.05) is 0 Å². The number of carbonyl (C=O) groups is 3. The zero-order chi connectivity index (χ0) is 47.5. The van der Waals surface area contributed by atoms with Gasteiger partial charge in [0.1, 0.15) is 13.2 Å². The Morgan fingerprint density at radius 2 is 0.508 bits per heavy atom. The van der Waals surface area contributed by atoms with Gasteiger partial charge in [0.05, 0.1) is 0 Å². The predicted octanol–water partition coefficient (Wildman–Crippen LogP) is 19.3. The third-order valence-electron chi connectivity index (χ3n) is 13.5. The number of unbranched alkanes of at least 4 members (excludes halogenated alkanes) is 38. The lowest BCUT2D eigenvalue weighted by molar-refractivity contribution is -0.167. The van der Waals surface area contributed by atoms with Crippen molar-refractivity contribution in [3.8, 4) is 0 Å². The smallest absolute Gasteiger partial charge is 0.306 e. The molecule has 0 unspecified atom stereocenters. The second-order valence-electron chi connectivity index (χ2n) is 21.2. The van der Waals surface area contributed by atoms with Crippen LogP contribution in [-0.2, 0) is 28.6 Å². The first-order valence-corrected chi connectivity index (χ1v) is 29.2. The fraction of sp³-hybridized carbons (Fsp3) is 0.949. The van der Waals surface area contributed by atoms with Crippen molar-refractivity contribution in [2.75, 3.05) is 13.2 Å². The zero-order valence-corrected chi connectivity index (χ0v) is 44.6. The molecule has 1 atom stereocenters. The molecule has 0 aliphatic heterocycles. The largest absolute Gasteiger partial charge is 0.462 e. The summed E-state index contributed by atoms with van der Waals surface area (Å²) in [7, 11) is 0. The molecule has 6 heteroatoms. The minimum atomic E-state index is -0.763. The minimum absolute atomic E-state index is 0.0630. The molecule has 6 nitrogen and oxygen atoms in total. The Kier molecular flexibility index (Phi) is 50.5. The highest BCUT2D eigenvalue weighted by Crippen LogP contribution is 2.18. The average molecular weight is 920 g/mol. The molecular formula is C59H114O6. The van der Waals surface area contributed by atoms with E-state index in [9.17, 15) is 14.4 Å². The van der Waals surface area contributed by atoms with Crippen molar-refractivity contribution in [2.45, 2.75) is 336 Å². The first kappa shape index (κ1) is 63.4. The van der Waals surface area contributed by atoms with Gasteiger partial charge >= 0.3 is 17.9 Å². The van der Waals surface area contributed by atoms with Crippen molar-refractivity contribution in [3.63, 3.8) is 0 Å². The average Bonchev–Trinajstić information content (AvgIpc) is 3.28. The summed E-state index contributed by atoms with van der Waals surface area (Å²) in [6.45, 7) is 11.4. The van der Waals surface area contributed by atoms with Crippen LogP contribution in [0.2, 0.25) is 0 Å². The Balaban J connectivity index is 4.28. The van der Waals surface area contributed by atoms with Crippen molar-refractivity contribution in [1.29, 1.82) is 0 Å². The molecule has 0 saturated carbocycles. The molecule has 0 radical (unpaired) electrons. The molecular weight excluding hydrogens is 805 g/mol. The molecule has 65 heavy (non-hydrogen) atoms. The van der Waals surface area contributed by atoms with E-state index < -0.39 is 6.10 Å². The second kappa shape index (κ2) is 51.8. The van der Waals surface area contributed by atoms with Crippen molar-refractivity contribution in [3.05, 3.63) is 0 Å². The van der Waals surface area contributed by atoms with E-state index >= 15 is 0 Å². The molecule has 0 aliphatic rings. The van der Waals surface area contributed by atoms with E-state index in [0.29, 0.717) is 19.3 Å². The van der Waals surface area contributed by atoms with Gasteiger partial charge in [-0.05, 0) is 31.1 Å². The van der Waals surface area contributed by atoms with Crippen LogP contribution in [0.15, 0.2) is 0 Å². The number of rotatable bonds is 53. The third-order valence-corrected chi connectivity index (χ3v) is 13.5. The molecule has 0 aromatic carbocycles. The van der Waals surface area contributed by atoms with Crippen LogP contribution in [-0.4, -0.2) is 37.2 Å². The standard InChI is InChI=1S/C59H114O6/c1-6-7-8-9-10-11-12-13-14-15-16-17-18-19-24-31-36-41-46-51-59(62)65-56(53-64-58(61)50-45-40-35-30-26-25-28-33-38-43-48-55(4)5)52-63-57(60)49-44-39-34-29-23-21-20-22-27-32-37-42-47-54(2)3/h54-56H,6-53H2,1-5H3/t56-/m1/s1. The highest BCUT2D eigenvalue weighted by molar-refractivity contribution is 5.71. The van der Waals surface area contributed by atoms with Crippen molar-refractivity contribution >= 4 is 17.9 Å². The van der Waals surface area contributed by atoms with Gasteiger partial charge in [0, 0.05) is 19.3 Å². The molecule has 0 rings (SSSR count). The molecule has 0 aromatic heterocycles. The Morgan fingerprint density at radius 3 is 0.754 bits per heavy atom. The van der Waals surface area contributed by atoms with Crippen LogP contribution in [0.3, 0.4) is 0 Å². The van der Waals surface area contributed by atoms with E-state index in [1.165, 1.54) is 218 Å². The van der Waals surface area contributed by atoms with Crippen LogP contribution in [0.4, 0.5) is 0 Å². The lowest BCUT2D eigenvalue weighted by Crippen LogP contribution is -2.30.